The van der Waals surface area contributed by atoms with Crippen LogP contribution < -0.4 is 5.46 Å². The fourth-order valence-corrected chi connectivity index (χ4v) is 12.6. The summed E-state index contributed by atoms with van der Waals surface area (Å²) in [6, 6.07) is 70.5. The van der Waals surface area contributed by atoms with Crippen LogP contribution in [-0.4, -0.2) is 27.5 Å². The van der Waals surface area contributed by atoms with Gasteiger partial charge in [-0.25, -0.2) is 0 Å². The molecule has 71 heavy (non-hydrogen) atoms. The van der Waals surface area contributed by atoms with Crippen LogP contribution in [0, 0.1) is 0 Å². The first-order chi connectivity index (χ1) is 34.2. The summed E-state index contributed by atoms with van der Waals surface area (Å²) in [6.07, 6.45) is 0. The standard InChI is InChI=1S/C66H55BN2O2/c1-63(2)55-25-17-15-23-47(55)49-36-53-51-34-40(27-29-59(51)68(61(53)38-57(49)63)45-19-11-9-12-20-45)42-31-43(33-44(32-42)67-70-65(5,6)66(7,8)71-67)41-28-30-60-52(35-41)54-37-50-48-24-16-18-26-56(48)64(3,4)58(50)39-62(54)69(60)46-21-13-10-14-22-46/h9-39H,1-8H3. The maximum absolute atomic E-state index is 6.84. The van der Waals surface area contributed by atoms with Crippen molar-refractivity contribution in [3.63, 3.8) is 0 Å². The van der Waals surface area contributed by atoms with Crippen molar-refractivity contribution in [1.29, 1.82) is 0 Å². The van der Waals surface area contributed by atoms with E-state index in [9.17, 15) is 0 Å². The Balaban J connectivity index is 0.994. The average molecular weight is 919 g/mol. The Kier molecular flexibility index (Phi) is 8.71. The molecule has 1 aliphatic heterocycles. The zero-order chi connectivity index (χ0) is 48.3. The summed E-state index contributed by atoms with van der Waals surface area (Å²) in [5, 5.41) is 4.94. The van der Waals surface area contributed by atoms with Crippen LogP contribution in [0.4, 0.5) is 0 Å². The minimum Gasteiger partial charge on any atom is -0.399 e. The Morgan fingerprint density at radius 3 is 1.15 bits per heavy atom. The second kappa shape index (κ2) is 14.6. The molecule has 2 aromatic heterocycles. The summed E-state index contributed by atoms with van der Waals surface area (Å²) < 4.78 is 18.6. The van der Waals surface area contributed by atoms with Gasteiger partial charge in [0.2, 0.25) is 0 Å². The van der Waals surface area contributed by atoms with Crippen LogP contribution in [0.5, 0.6) is 0 Å². The van der Waals surface area contributed by atoms with E-state index in [1.165, 1.54) is 88.1 Å². The molecule has 0 amide bonds. The fraction of sp³-hybridized carbons (Fsp3) is 0.182. The molecule has 1 saturated heterocycles. The van der Waals surface area contributed by atoms with Crippen molar-refractivity contribution in [3.8, 4) is 55.9 Å². The molecule has 0 radical (unpaired) electrons. The van der Waals surface area contributed by atoms with Gasteiger partial charge in [-0.1, -0.05) is 137 Å². The number of para-hydroxylation sites is 2. The molecule has 3 aliphatic rings. The molecule has 3 heterocycles. The number of hydrogen-bond acceptors (Lipinski definition) is 2. The minimum atomic E-state index is -0.539. The third kappa shape index (κ3) is 6.00. The maximum atomic E-state index is 6.84. The van der Waals surface area contributed by atoms with Gasteiger partial charge in [0.15, 0.2) is 0 Å². The Hall–Kier alpha value is -7.44. The third-order valence-corrected chi connectivity index (χ3v) is 17.1. The van der Waals surface area contributed by atoms with Crippen LogP contribution in [0.25, 0.3) is 99.5 Å². The smallest absolute Gasteiger partial charge is 0.399 e. The number of rotatable bonds is 5. The Morgan fingerprint density at radius 1 is 0.324 bits per heavy atom. The first-order valence-corrected chi connectivity index (χ1v) is 25.3. The van der Waals surface area contributed by atoms with Crippen molar-refractivity contribution < 1.29 is 9.31 Å². The third-order valence-electron chi connectivity index (χ3n) is 17.1. The van der Waals surface area contributed by atoms with Crippen molar-refractivity contribution in [2.24, 2.45) is 0 Å². The van der Waals surface area contributed by atoms with E-state index in [2.05, 4.69) is 253 Å². The topological polar surface area (TPSA) is 28.3 Å². The van der Waals surface area contributed by atoms with Gasteiger partial charge < -0.3 is 18.4 Å². The molecule has 0 unspecified atom stereocenters. The van der Waals surface area contributed by atoms with Gasteiger partial charge in [-0.3, -0.25) is 0 Å². The van der Waals surface area contributed by atoms with Crippen molar-refractivity contribution in [2.75, 3.05) is 0 Å². The number of nitrogens with zero attached hydrogens (tertiary/aromatic N) is 2. The first kappa shape index (κ1) is 42.4. The van der Waals surface area contributed by atoms with Crippen molar-refractivity contribution in [2.45, 2.75) is 77.4 Å². The molecule has 0 atom stereocenters. The van der Waals surface area contributed by atoms with E-state index >= 15 is 0 Å². The predicted octanol–water partition coefficient (Wildman–Crippen LogP) is 16.1. The van der Waals surface area contributed by atoms with Gasteiger partial charge >= 0.3 is 7.12 Å². The molecule has 344 valence electrons. The predicted molar refractivity (Wildman–Crippen MR) is 297 cm³/mol. The number of benzene rings is 9. The average Bonchev–Trinajstić information content (AvgIpc) is 4.08. The van der Waals surface area contributed by atoms with E-state index in [-0.39, 0.29) is 10.8 Å². The molecule has 2 aliphatic carbocycles. The maximum Gasteiger partial charge on any atom is 0.494 e. The molecule has 0 N–H and O–H groups in total. The Labute approximate surface area is 416 Å². The lowest BCUT2D eigenvalue weighted by molar-refractivity contribution is 0.00578. The van der Waals surface area contributed by atoms with Crippen LogP contribution >= 0.6 is 0 Å². The zero-order valence-electron chi connectivity index (χ0n) is 41.7. The van der Waals surface area contributed by atoms with E-state index in [4.69, 9.17) is 9.31 Å². The lowest BCUT2D eigenvalue weighted by Gasteiger charge is -2.32. The molecule has 14 rings (SSSR count). The number of aromatic nitrogens is 2. The van der Waals surface area contributed by atoms with Crippen LogP contribution in [0.1, 0.15) is 77.6 Å². The Bertz CT molecular complexity index is 3800. The van der Waals surface area contributed by atoms with Crippen LogP contribution in [0.15, 0.2) is 188 Å². The molecule has 0 bridgehead atoms. The second-order valence-electron chi connectivity index (χ2n) is 22.4. The SMILES string of the molecule is CC1(C)c2ccccc2-c2cc3c4cc(-c5cc(B6OC(C)(C)C(C)(C)O6)cc(-c6ccc7c(c6)c6cc8c(cc6n7-c6ccccc6)C(C)(C)c6ccccc6-8)c5)ccc4n(-c4ccccc4)c3cc21. The van der Waals surface area contributed by atoms with E-state index in [0.29, 0.717) is 0 Å². The van der Waals surface area contributed by atoms with Crippen LogP contribution in [-0.2, 0) is 20.1 Å². The fourth-order valence-electron chi connectivity index (χ4n) is 12.6. The van der Waals surface area contributed by atoms with Gasteiger partial charge in [0.05, 0.1) is 33.3 Å². The highest BCUT2D eigenvalue weighted by molar-refractivity contribution is 6.62. The van der Waals surface area contributed by atoms with Gasteiger partial charge in [-0.05, 0) is 179 Å². The van der Waals surface area contributed by atoms with E-state index in [1.807, 2.05) is 0 Å². The molecule has 5 heteroatoms. The first-order valence-electron chi connectivity index (χ1n) is 25.3. The molecule has 0 spiro atoms. The lowest BCUT2D eigenvalue weighted by Crippen LogP contribution is -2.41. The van der Waals surface area contributed by atoms with E-state index in [0.717, 1.165) is 39.1 Å². The molecule has 4 nitrogen and oxygen atoms in total. The summed E-state index contributed by atoms with van der Waals surface area (Å²) in [5.74, 6) is 0. The van der Waals surface area contributed by atoms with Gasteiger partial charge in [0, 0.05) is 43.7 Å². The van der Waals surface area contributed by atoms with Gasteiger partial charge in [0.25, 0.3) is 0 Å². The van der Waals surface area contributed by atoms with E-state index < -0.39 is 18.3 Å². The van der Waals surface area contributed by atoms with Crippen LogP contribution in [0.2, 0.25) is 0 Å². The summed E-state index contributed by atoms with van der Waals surface area (Å²) >= 11 is 0. The summed E-state index contributed by atoms with van der Waals surface area (Å²) in [7, 11) is -0.539. The minimum absolute atomic E-state index is 0.116. The zero-order valence-corrected chi connectivity index (χ0v) is 41.7. The molecule has 9 aromatic carbocycles. The van der Waals surface area contributed by atoms with Crippen molar-refractivity contribution in [3.05, 3.63) is 210 Å². The lowest BCUT2D eigenvalue weighted by atomic mass is 9.76. The second-order valence-corrected chi connectivity index (χ2v) is 22.4. The highest BCUT2D eigenvalue weighted by Gasteiger charge is 2.52. The largest absolute Gasteiger partial charge is 0.494 e. The van der Waals surface area contributed by atoms with Gasteiger partial charge in [-0.2, -0.15) is 0 Å². The highest BCUT2D eigenvalue weighted by atomic mass is 16.7. The Morgan fingerprint density at radius 2 is 0.718 bits per heavy atom. The molecule has 1 fully saturated rings. The van der Waals surface area contributed by atoms with Gasteiger partial charge in [0.1, 0.15) is 0 Å². The van der Waals surface area contributed by atoms with E-state index in [1.54, 1.807) is 0 Å². The molecule has 0 saturated carbocycles. The van der Waals surface area contributed by atoms with Crippen LogP contribution in [0.3, 0.4) is 0 Å². The summed E-state index contributed by atoms with van der Waals surface area (Å²) in [6.45, 7) is 18.0. The molecular weight excluding hydrogens is 864 g/mol. The molecular formula is C66H55BN2O2. The number of fused-ring (bicyclic) bond motifs is 12. The summed E-state index contributed by atoms with van der Waals surface area (Å²) in [4.78, 5) is 0. The normalized spacial score (nSPS) is 16.8. The van der Waals surface area contributed by atoms with Crippen molar-refractivity contribution in [1.82, 2.24) is 9.13 Å². The summed E-state index contributed by atoms with van der Waals surface area (Å²) in [5.41, 5.74) is 22.2. The molecule has 11 aromatic rings. The highest BCUT2D eigenvalue weighted by Crippen LogP contribution is 2.53. The quantitative estimate of drug-likeness (QED) is 0.161. The van der Waals surface area contributed by atoms with Crippen molar-refractivity contribution >= 4 is 56.2 Å². The van der Waals surface area contributed by atoms with Gasteiger partial charge in [-0.15, -0.1) is 0 Å². The monoisotopic (exact) mass is 918 g/mol. The number of hydrogen-bond donors (Lipinski definition) is 0.